The zero-order chi connectivity index (χ0) is 21.3. The molecular weight excluding hydrogens is 413 g/mol. The Balaban J connectivity index is 1.44. The number of carbonyl (C=O) groups is 1. The van der Waals surface area contributed by atoms with Gasteiger partial charge in [0, 0.05) is 32.1 Å². The number of benzene rings is 1. The third kappa shape index (κ3) is 4.12. The first-order valence-electron chi connectivity index (χ1n) is 9.96. The Morgan fingerprint density at radius 2 is 1.87 bits per heavy atom. The molecule has 2 saturated heterocycles. The largest absolute Gasteiger partial charge is 0.445 e. The van der Waals surface area contributed by atoms with E-state index >= 15 is 0 Å². The van der Waals surface area contributed by atoms with Crippen LogP contribution in [-0.4, -0.2) is 67.9 Å². The molecule has 0 N–H and O–H groups in total. The second-order valence-electron chi connectivity index (χ2n) is 7.50. The summed E-state index contributed by atoms with van der Waals surface area (Å²) in [6, 6.07) is 5.03. The molecule has 1 aromatic heterocycles. The van der Waals surface area contributed by atoms with Gasteiger partial charge in [-0.15, -0.1) is 0 Å². The molecule has 3 heterocycles. The number of halogens is 1. The normalized spacial score (nSPS) is 19.2. The first-order valence-corrected chi connectivity index (χ1v) is 11.4. The molecule has 0 atom stereocenters. The Labute approximate surface area is 174 Å². The molecule has 162 valence electrons. The van der Waals surface area contributed by atoms with Crippen LogP contribution in [0.25, 0.3) is 0 Å². The molecule has 8 nitrogen and oxygen atoms in total. The Bertz CT molecular complexity index is 1020. The van der Waals surface area contributed by atoms with Gasteiger partial charge in [0.15, 0.2) is 11.6 Å². The van der Waals surface area contributed by atoms with Crippen molar-refractivity contribution in [3.63, 3.8) is 0 Å². The molecule has 4 rings (SSSR count). The Hall–Kier alpha value is -2.30. The standard InChI is InChI=1S/C20H24FN3O5S/c1-14-18(20(25)23-9-11-28-12-10-23)22-19(29-14)15-5-7-24(8-6-15)30(26,27)17-4-2-3-16(21)13-17/h2-4,13,15H,5-12H2,1H3. The number of amides is 1. The number of aromatic nitrogens is 1. The van der Waals surface area contributed by atoms with E-state index in [1.165, 1.54) is 22.5 Å². The van der Waals surface area contributed by atoms with Crippen molar-refractivity contribution < 1.29 is 26.8 Å². The highest BCUT2D eigenvalue weighted by atomic mass is 32.2. The summed E-state index contributed by atoms with van der Waals surface area (Å²) in [5, 5.41) is 0. The van der Waals surface area contributed by atoms with Gasteiger partial charge in [0.2, 0.25) is 10.0 Å². The molecule has 2 aromatic rings. The summed E-state index contributed by atoms with van der Waals surface area (Å²) in [6.45, 7) is 4.33. The molecule has 0 bridgehead atoms. The number of ether oxygens (including phenoxy) is 1. The highest BCUT2D eigenvalue weighted by Crippen LogP contribution is 2.31. The van der Waals surface area contributed by atoms with Crippen molar-refractivity contribution in [3.05, 3.63) is 47.4 Å². The van der Waals surface area contributed by atoms with Crippen LogP contribution >= 0.6 is 0 Å². The molecular formula is C20H24FN3O5S. The summed E-state index contributed by atoms with van der Waals surface area (Å²) < 4.78 is 51.4. The summed E-state index contributed by atoms with van der Waals surface area (Å²) in [4.78, 5) is 18.8. The van der Waals surface area contributed by atoms with Crippen molar-refractivity contribution in [3.8, 4) is 0 Å². The van der Waals surface area contributed by atoms with Crippen molar-refractivity contribution in [1.82, 2.24) is 14.2 Å². The molecule has 2 aliphatic rings. The highest BCUT2D eigenvalue weighted by molar-refractivity contribution is 7.89. The molecule has 0 radical (unpaired) electrons. The fraction of sp³-hybridized carbons (Fsp3) is 0.500. The number of piperidine rings is 1. The molecule has 0 saturated carbocycles. The first kappa shape index (κ1) is 21.0. The van der Waals surface area contributed by atoms with Crippen LogP contribution in [0.5, 0.6) is 0 Å². The smallest absolute Gasteiger partial charge is 0.276 e. The lowest BCUT2D eigenvalue weighted by atomic mass is 9.98. The van der Waals surface area contributed by atoms with Crippen LogP contribution in [0.3, 0.4) is 0 Å². The van der Waals surface area contributed by atoms with E-state index in [-0.39, 0.29) is 29.8 Å². The van der Waals surface area contributed by atoms with Gasteiger partial charge in [-0.1, -0.05) is 6.07 Å². The maximum absolute atomic E-state index is 13.4. The van der Waals surface area contributed by atoms with Crippen molar-refractivity contribution >= 4 is 15.9 Å². The van der Waals surface area contributed by atoms with Crippen LogP contribution in [0, 0.1) is 12.7 Å². The minimum atomic E-state index is -3.75. The fourth-order valence-corrected chi connectivity index (χ4v) is 5.33. The van der Waals surface area contributed by atoms with Gasteiger partial charge in [0.05, 0.1) is 18.1 Å². The molecule has 1 aromatic carbocycles. The highest BCUT2D eigenvalue weighted by Gasteiger charge is 2.33. The van der Waals surface area contributed by atoms with E-state index in [1.807, 2.05) is 0 Å². The molecule has 2 fully saturated rings. The maximum Gasteiger partial charge on any atom is 0.276 e. The Kier molecular flexibility index (Phi) is 5.90. The van der Waals surface area contributed by atoms with Crippen LogP contribution < -0.4 is 0 Å². The van der Waals surface area contributed by atoms with Gasteiger partial charge >= 0.3 is 0 Å². The van der Waals surface area contributed by atoms with E-state index in [0.29, 0.717) is 56.5 Å². The quantitative estimate of drug-likeness (QED) is 0.728. The number of oxazole rings is 1. The number of morpholine rings is 1. The lowest BCUT2D eigenvalue weighted by Gasteiger charge is -2.29. The van der Waals surface area contributed by atoms with E-state index in [1.54, 1.807) is 11.8 Å². The minimum Gasteiger partial charge on any atom is -0.445 e. The molecule has 0 unspecified atom stereocenters. The number of carbonyl (C=O) groups excluding carboxylic acids is 1. The summed E-state index contributed by atoms with van der Waals surface area (Å²) in [5.41, 5.74) is 0.307. The van der Waals surface area contributed by atoms with Gasteiger partial charge < -0.3 is 14.1 Å². The lowest BCUT2D eigenvalue weighted by Crippen LogP contribution is -2.41. The number of aryl methyl sites for hydroxylation is 1. The van der Waals surface area contributed by atoms with Gasteiger partial charge in [-0.2, -0.15) is 4.31 Å². The minimum absolute atomic E-state index is 0.0497. The molecule has 10 heteroatoms. The van der Waals surface area contributed by atoms with Crippen LogP contribution in [0.4, 0.5) is 4.39 Å². The Morgan fingerprint density at radius 1 is 1.17 bits per heavy atom. The lowest BCUT2D eigenvalue weighted by molar-refractivity contribution is 0.0298. The zero-order valence-electron chi connectivity index (χ0n) is 16.7. The number of hydrogen-bond acceptors (Lipinski definition) is 6. The SMILES string of the molecule is Cc1oc(C2CCN(S(=O)(=O)c3cccc(F)c3)CC2)nc1C(=O)N1CCOCC1. The average Bonchev–Trinajstić information content (AvgIpc) is 3.15. The third-order valence-corrected chi connectivity index (χ3v) is 7.45. The number of rotatable bonds is 4. The van der Waals surface area contributed by atoms with E-state index in [4.69, 9.17) is 9.15 Å². The van der Waals surface area contributed by atoms with Crippen LogP contribution in [0.15, 0.2) is 33.6 Å². The molecule has 0 spiro atoms. The van der Waals surface area contributed by atoms with Crippen molar-refractivity contribution in [1.29, 1.82) is 0 Å². The molecule has 2 aliphatic heterocycles. The van der Waals surface area contributed by atoms with Crippen molar-refractivity contribution in [2.24, 2.45) is 0 Å². The van der Waals surface area contributed by atoms with Gasteiger partial charge in [-0.3, -0.25) is 4.79 Å². The fourth-order valence-electron chi connectivity index (χ4n) is 3.83. The van der Waals surface area contributed by atoms with Crippen LogP contribution in [0.2, 0.25) is 0 Å². The van der Waals surface area contributed by atoms with E-state index in [2.05, 4.69) is 4.98 Å². The molecule has 0 aliphatic carbocycles. The number of hydrogen-bond donors (Lipinski definition) is 0. The van der Waals surface area contributed by atoms with E-state index in [9.17, 15) is 17.6 Å². The summed E-state index contributed by atoms with van der Waals surface area (Å²) in [7, 11) is -3.75. The summed E-state index contributed by atoms with van der Waals surface area (Å²) in [5.74, 6) is 0.104. The average molecular weight is 437 g/mol. The van der Waals surface area contributed by atoms with Gasteiger partial charge in [-0.05, 0) is 38.0 Å². The summed E-state index contributed by atoms with van der Waals surface area (Å²) in [6.07, 6.45) is 1.03. The monoisotopic (exact) mass is 437 g/mol. The van der Waals surface area contributed by atoms with Crippen LogP contribution in [0.1, 0.15) is 40.9 Å². The molecule has 30 heavy (non-hydrogen) atoms. The second-order valence-corrected chi connectivity index (χ2v) is 9.44. The summed E-state index contributed by atoms with van der Waals surface area (Å²) >= 11 is 0. The van der Waals surface area contributed by atoms with E-state index in [0.717, 1.165) is 6.07 Å². The third-order valence-electron chi connectivity index (χ3n) is 5.55. The van der Waals surface area contributed by atoms with Gasteiger partial charge in [0.1, 0.15) is 11.6 Å². The van der Waals surface area contributed by atoms with Crippen molar-refractivity contribution in [2.75, 3.05) is 39.4 Å². The van der Waals surface area contributed by atoms with Crippen molar-refractivity contribution in [2.45, 2.75) is 30.6 Å². The zero-order valence-corrected chi connectivity index (χ0v) is 17.5. The first-order chi connectivity index (χ1) is 14.4. The predicted octanol–water partition coefficient (Wildman–Crippen LogP) is 2.16. The number of nitrogens with zero attached hydrogens (tertiary/aromatic N) is 3. The molecule has 1 amide bonds. The van der Waals surface area contributed by atoms with Gasteiger partial charge in [-0.25, -0.2) is 17.8 Å². The Morgan fingerprint density at radius 3 is 2.53 bits per heavy atom. The van der Waals surface area contributed by atoms with Gasteiger partial charge in [0.25, 0.3) is 5.91 Å². The maximum atomic E-state index is 13.4. The predicted molar refractivity (Wildman–Crippen MR) is 105 cm³/mol. The number of sulfonamides is 1. The van der Waals surface area contributed by atoms with E-state index < -0.39 is 15.8 Å². The van der Waals surface area contributed by atoms with Crippen LogP contribution in [-0.2, 0) is 14.8 Å². The second kappa shape index (κ2) is 8.44. The topological polar surface area (TPSA) is 93.0 Å².